The maximum Gasteiger partial charge on any atom is 0.325 e. The molecule has 1 aromatic heterocycles. The van der Waals surface area contributed by atoms with Gasteiger partial charge < -0.3 is 4.98 Å². The molecule has 0 bridgehead atoms. The van der Waals surface area contributed by atoms with Crippen LogP contribution in [0.2, 0.25) is 0 Å². The maximum atomic E-state index is 11.6. The molecule has 2 aliphatic rings. The van der Waals surface area contributed by atoms with E-state index in [4.69, 9.17) is 0 Å². The van der Waals surface area contributed by atoms with E-state index in [0.29, 0.717) is 24.2 Å². The molecule has 0 amide bonds. The third-order valence-electron chi connectivity index (χ3n) is 6.18. The number of hydrogen-bond donors (Lipinski definition) is 4. The van der Waals surface area contributed by atoms with Gasteiger partial charge in [0.25, 0.3) is 5.56 Å². The van der Waals surface area contributed by atoms with Crippen LogP contribution in [0.3, 0.4) is 0 Å². The van der Waals surface area contributed by atoms with Gasteiger partial charge in [-0.1, -0.05) is 54.6 Å². The molecular weight excluding hydrogens is 378 g/mol. The summed E-state index contributed by atoms with van der Waals surface area (Å²) < 4.78 is 0. The van der Waals surface area contributed by atoms with Crippen LogP contribution in [-0.4, -0.2) is 34.0 Å². The smallest absolute Gasteiger partial charge is 0.310 e. The van der Waals surface area contributed by atoms with Gasteiger partial charge in [-0.15, -0.1) is 0 Å². The second-order valence-electron chi connectivity index (χ2n) is 8.16. The van der Waals surface area contributed by atoms with Crippen molar-refractivity contribution in [1.29, 1.82) is 0 Å². The molecule has 2 saturated heterocycles. The molecule has 7 nitrogen and oxygen atoms in total. The normalized spacial score (nSPS) is 23.9. The zero-order valence-corrected chi connectivity index (χ0v) is 16.6. The van der Waals surface area contributed by atoms with E-state index in [0.717, 1.165) is 19.5 Å². The summed E-state index contributed by atoms with van der Waals surface area (Å²) >= 11 is 0. The number of hydrazine groups is 1. The minimum Gasteiger partial charge on any atom is -0.310 e. The summed E-state index contributed by atoms with van der Waals surface area (Å²) in [7, 11) is 0. The van der Waals surface area contributed by atoms with Gasteiger partial charge in [0, 0.05) is 43.4 Å². The van der Waals surface area contributed by atoms with Gasteiger partial charge in [0.05, 0.1) is 6.04 Å². The Morgan fingerprint density at radius 3 is 2.43 bits per heavy atom. The van der Waals surface area contributed by atoms with Crippen molar-refractivity contribution in [2.24, 2.45) is 5.92 Å². The predicted molar refractivity (Wildman–Crippen MR) is 116 cm³/mol. The molecule has 3 unspecified atom stereocenters. The molecule has 154 valence electrons. The number of likely N-dealkylation sites (tertiary alicyclic amines) is 1. The highest BCUT2D eigenvalue weighted by Crippen LogP contribution is 2.34. The Balaban J connectivity index is 1.31. The van der Waals surface area contributed by atoms with E-state index in [-0.39, 0.29) is 11.6 Å². The Hall–Kier alpha value is -3.00. The van der Waals surface area contributed by atoms with E-state index < -0.39 is 5.69 Å². The molecule has 0 aliphatic carbocycles. The molecule has 5 rings (SSSR count). The van der Waals surface area contributed by atoms with Crippen molar-refractivity contribution in [1.82, 2.24) is 25.7 Å². The zero-order valence-electron chi connectivity index (χ0n) is 16.6. The number of aromatic amines is 2. The number of piperidine rings is 1. The van der Waals surface area contributed by atoms with Gasteiger partial charge in [-0.3, -0.25) is 20.1 Å². The summed E-state index contributed by atoms with van der Waals surface area (Å²) in [5.41, 5.74) is 10.5. The molecule has 2 aromatic carbocycles. The topological polar surface area (TPSA) is 93.0 Å². The summed E-state index contributed by atoms with van der Waals surface area (Å²) in [5, 5.41) is 0. The third-order valence-corrected chi connectivity index (χ3v) is 6.18. The second-order valence-corrected chi connectivity index (χ2v) is 8.16. The molecule has 30 heavy (non-hydrogen) atoms. The third kappa shape index (κ3) is 3.87. The van der Waals surface area contributed by atoms with Gasteiger partial charge in [0.15, 0.2) is 0 Å². The standard InChI is InChI=1S/C23H25N5O2/c29-21-12-18(24-23(30)25-21)13-28-11-10-20-19(14-28)22(27-26-20)17-8-6-16(7-9-17)15-4-2-1-3-5-15/h1-9,12,19-20,22,26-27H,10-11,13-14H2,(H2,24,25,29,30). The predicted octanol–water partition coefficient (Wildman–Crippen LogP) is 1.77. The monoisotopic (exact) mass is 403 g/mol. The van der Waals surface area contributed by atoms with Crippen LogP contribution in [0.15, 0.2) is 70.3 Å². The van der Waals surface area contributed by atoms with E-state index >= 15 is 0 Å². The van der Waals surface area contributed by atoms with Crippen molar-refractivity contribution in [3.05, 3.63) is 92.8 Å². The van der Waals surface area contributed by atoms with Crippen molar-refractivity contribution in [3.63, 3.8) is 0 Å². The first-order valence-corrected chi connectivity index (χ1v) is 10.4. The fourth-order valence-corrected chi connectivity index (χ4v) is 4.71. The SMILES string of the molecule is O=c1cc(CN2CCC3NNC(c4ccc(-c5ccccc5)cc4)C3C2)[nH]c(=O)[nH]1. The van der Waals surface area contributed by atoms with Gasteiger partial charge in [-0.2, -0.15) is 0 Å². The first kappa shape index (κ1) is 19.0. The number of benzene rings is 2. The van der Waals surface area contributed by atoms with Crippen molar-refractivity contribution in [2.75, 3.05) is 13.1 Å². The maximum absolute atomic E-state index is 11.6. The first-order chi connectivity index (χ1) is 14.7. The van der Waals surface area contributed by atoms with Crippen molar-refractivity contribution in [3.8, 4) is 11.1 Å². The summed E-state index contributed by atoms with van der Waals surface area (Å²) in [5.74, 6) is 0.412. The van der Waals surface area contributed by atoms with Gasteiger partial charge in [0.1, 0.15) is 0 Å². The summed E-state index contributed by atoms with van der Waals surface area (Å²) in [6, 6.07) is 21.3. The highest BCUT2D eigenvalue weighted by molar-refractivity contribution is 5.63. The van der Waals surface area contributed by atoms with Crippen LogP contribution in [0.5, 0.6) is 0 Å². The minimum atomic E-state index is -0.451. The molecule has 3 heterocycles. The molecular formula is C23H25N5O2. The zero-order chi connectivity index (χ0) is 20.5. The Kier molecular flexibility index (Phi) is 5.08. The van der Waals surface area contributed by atoms with Gasteiger partial charge >= 0.3 is 5.69 Å². The molecule has 0 radical (unpaired) electrons. The lowest BCUT2D eigenvalue weighted by atomic mass is 9.84. The van der Waals surface area contributed by atoms with E-state index in [1.807, 2.05) is 6.07 Å². The lowest BCUT2D eigenvalue weighted by Crippen LogP contribution is -2.45. The van der Waals surface area contributed by atoms with Crippen LogP contribution in [0.4, 0.5) is 0 Å². The molecule has 2 fully saturated rings. The fourth-order valence-electron chi connectivity index (χ4n) is 4.71. The molecule has 7 heteroatoms. The second kappa shape index (κ2) is 8.02. The number of rotatable bonds is 4. The van der Waals surface area contributed by atoms with Crippen LogP contribution in [0, 0.1) is 5.92 Å². The van der Waals surface area contributed by atoms with Gasteiger partial charge in [-0.25, -0.2) is 10.2 Å². The Labute approximate surface area is 174 Å². The molecule has 4 N–H and O–H groups in total. The number of nitrogens with zero attached hydrogens (tertiary/aromatic N) is 1. The van der Waals surface area contributed by atoms with E-state index in [2.05, 4.69) is 74.3 Å². The first-order valence-electron chi connectivity index (χ1n) is 10.4. The number of hydrogen-bond acceptors (Lipinski definition) is 5. The van der Waals surface area contributed by atoms with Crippen LogP contribution in [0.1, 0.15) is 23.7 Å². The van der Waals surface area contributed by atoms with Crippen molar-refractivity contribution >= 4 is 0 Å². The summed E-state index contributed by atoms with van der Waals surface area (Å²) in [6.45, 7) is 2.39. The quantitative estimate of drug-likeness (QED) is 0.533. The Morgan fingerprint density at radius 2 is 1.67 bits per heavy atom. The average Bonchev–Trinajstić information content (AvgIpc) is 3.17. The molecule has 2 aliphatic heterocycles. The number of fused-ring (bicyclic) bond motifs is 1. The summed E-state index contributed by atoms with van der Waals surface area (Å²) in [6.07, 6.45) is 1.02. The molecule has 3 atom stereocenters. The lowest BCUT2D eigenvalue weighted by molar-refractivity contribution is 0.146. The van der Waals surface area contributed by atoms with Crippen LogP contribution < -0.4 is 22.1 Å². The van der Waals surface area contributed by atoms with Crippen LogP contribution >= 0.6 is 0 Å². The van der Waals surface area contributed by atoms with E-state index in [1.165, 1.54) is 22.8 Å². The number of aromatic nitrogens is 2. The van der Waals surface area contributed by atoms with Gasteiger partial charge in [0.2, 0.25) is 0 Å². The average molecular weight is 403 g/mol. The summed E-state index contributed by atoms with van der Waals surface area (Å²) in [4.78, 5) is 30.4. The highest BCUT2D eigenvalue weighted by Gasteiger charge is 2.40. The van der Waals surface area contributed by atoms with Crippen molar-refractivity contribution < 1.29 is 0 Å². The highest BCUT2D eigenvalue weighted by atomic mass is 16.2. The van der Waals surface area contributed by atoms with E-state index in [1.54, 1.807) is 0 Å². The number of nitrogens with one attached hydrogen (secondary N) is 4. The van der Waals surface area contributed by atoms with E-state index in [9.17, 15) is 9.59 Å². The Morgan fingerprint density at radius 1 is 0.900 bits per heavy atom. The van der Waals surface area contributed by atoms with Crippen LogP contribution in [0.25, 0.3) is 11.1 Å². The molecule has 0 saturated carbocycles. The Bertz CT molecular complexity index is 1090. The van der Waals surface area contributed by atoms with Crippen molar-refractivity contribution in [2.45, 2.75) is 25.0 Å². The fraction of sp³-hybridized carbons (Fsp3) is 0.304. The lowest BCUT2D eigenvalue weighted by Gasteiger charge is -2.36. The number of H-pyrrole nitrogens is 2. The molecule has 3 aromatic rings. The largest absolute Gasteiger partial charge is 0.325 e. The molecule has 0 spiro atoms. The minimum absolute atomic E-state index is 0.223. The van der Waals surface area contributed by atoms with Crippen LogP contribution in [-0.2, 0) is 6.54 Å². The van der Waals surface area contributed by atoms with Gasteiger partial charge in [-0.05, 0) is 23.1 Å².